The van der Waals surface area contributed by atoms with Gasteiger partial charge in [-0.1, -0.05) is 54.1 Å². The number of carbonyl (C=O) groups is 2. The Kier molecular flexibility index (Phi) is 7.77. The van der Waals surface area contributed by atoms with Crippen molar-refractivity contribution in [1.82, 2.24) is 9.55 Å². The number of nitrogens with zero attached hydrogens (tertiary/aromatic N) is 2. The van der Waals surface area contributed by atoms with Crippen LogP contribution in [0, 0.1) is 6.92 Å². The molecular formula is C27H23N2NaO4. The molecule has 0 saturated carbocycles. The molecule has 6 nitrogen and oxygen atoms in total. The number of para-hydroxylation sites is 2. The molecule has 0 amide bonds. The van der Waals surface area contributed by atoms with Crippen molar-refractivity contribution < 1.29 is 49.0 Å². The van der Waals surface area contributed by atoms with Gasteiger partial charge in [-0.05, 0) is 56.7 Å². The van der Waals surface area contributed by atoms with Crippen LogP contribution in [0.5, 0.6) is 5.75 Å². The van der Waals surface area contributed by atoms with Gasteiger partial charge in [-0.25, -0.2) is 4.98 Å². The summed E-state index contributed by atoms with van der Waals surface area (Å²) in [7, 11) is 0. The topological polar surface area (TPSA) is 84.2 Å². The number of imidazole rings is 1. The largest absolute Gasteiger partial charge is 1.00 e. The van der Waals surface area contributed by atoms with E-state index in [2.05, 4.69) is 4.98 Å². The van der Waals surface area contributed by atoms with Crippen LogP contribution in [0.25, 0.3) is 23.3 Å². The van der Waals surface area contributed by atoms with E-state index in [-0.39, 0.29) is 35.3 Å². The first kappa shape index (κ1) is 25.4. The van der Waals surface area contributed by atoms with Gasteiger partial charge >= 0.3 is 29.6 Å². The summed E-state index contributed by atoms with van der Waals surface area (Å²) in [5.41, 5.74) is 2.46. The first-order valence-corrected chi connectivity index (χ1v) is 10.5. The van der Waals surface area contributed by atoms with Gasteiger partial charge in [0.2, 0.25) is 5.78 Å². The minimum absolute atomic E-state index is 0. The monoisotopic (exact) mass is 462 g/mol. The Balaban J connectivity index is 0.00000324. The number of aromatic nitrogens is 2. The van der Waals surface area contributed by atoms with E-state index >= 15 is 0 Å². The average molecular weight is 462 g/mol. The molecule has 0 aliphatic heterocycles. The second kappa shape index (κ2) is 10.4. The fourth-order valence-electron chi connectivity index (χ4n) is 3.37. The molecule has 3 aromatic carbocycles. The first-order chi connectivity index (χ1) is 15.7. The molecule has 0 spiro atoms. The van der Waals surface area contributed by atoms with Gasteiger partial charge in [-0.3, -0.25) is 9.36 Å². The molecule has 0 atom stereocenters. The standard InChI is InChI=1S/C27H24N2O4.Na/c1-18-11-13-20(14-12-18)24(30)25-28-22-9-4-5-10-23(22)29(25)16-15-19-7-6-8-21(17-19)33-27(2,3)26(31)32;/h4-17H,1-3H3,(H,31,32);/q;+1/p-1/b16-15+;. The summed E-state index contributed by atoms with van der Waals surface area (Å²) in [6.45, 7) is 4.84. The van der Waals surface area contributed by atoms with Gasteiger partial charge in [0.15, 0.2) is 5.82 Å². The maximum atomic E-state index is 13.2. The van der Waals surface area contributed by atoms with Gasteiger partial charge in [0, 0.05) is 11.8 Å². The fourth-order valence-corrected chi connectivity index (χ4v) is 3.37. The molecule has 0 aliphatic rings. The SMILES string of the molecule is Cc1ccc(C(=O)c2nc3ccccc3n2/C=C/c2cccc(OC(C)(C)C(=O)[O-])c2)cc1.[Na+]. The predicted octanol–water partition coefficient (Wildman–Crippen LogP) is 1.11. The van der Waals surface area contributed by atoms with Gasteiger partial charge in [-0.2, -0.15) is 0 Å². The minimum Gasteiger partial charge on any atom is -0.546 e. The number of aryl methyl sites for hydroxylation is 1. The molecule has 7 heteroatoms. The molecule has 0 radical (unpaired) electrons. The van der Waals surface area contributed by atoms with Crippen LogP contribution < -0.4 is 39.4 Å². The quantitative estimate of drug-likeness (QED) is 0.304. The Bertz CT molecular complexity index is 1370. The predicted molar refractivity (Wildman–Crippen MR) is 126 cm³/mol. The molecule has 0 aliphatic carbocycles. The molecule has 166 valence electrons. The van der Waals surface area contributed by atoms with Gasteiger partial charge in [0.1, 0.15) is 11.4 Å². The third kappa shape index (κ3) is 5.47. The molecule has 1 aromatic heterocycles. The number of fused-ring (bicyclic) bond motifs is 1. The summed E-state index contributed by atoms with van der Waals surface area (Å²) in [5.74, 6) is -0.768. The number of ketones is 1. The molecule has 4 rings (SSSR count). The third-order valence-electron chi connectivity index (χ3n) is 5.25. The minimum atomic E-state index is -1.46. The number of aliphatic carboxylic acids is 1. The molecule has 4 aromatic rings. The van der Waals surface area contributed by atoms with E-state index in [1.54, 1.807) is 41.1 Å². The van der Waals surface area contributed by atoms with Crippen LogP contribution in [-0.2, 0) is 4.79 Å². The summed E-state index contributed by atoms with van der Waals surface area (Å²) >= 11 is 0. The van der Waals surface area contributed by atoms with E-state index in [9.17, 15) is 14.7 Å². The maximum absolute atomic E-state index is 13.2. The number of hydrogen-bond donors (Lipinski definition) is 0. The zero-order valence-electron chi connectivity index (χ0n) is 19.6. The van der Waals surface area contributed by atoms with Crippen molar-refractivity contribution in [2.75, 3.05) is 0 Å². The van der Waals surface area contributed by atoms with Crippen LogP contribution in [-0.4, -0.2) is 26.9 Å². The average Bonchev–Trinajstić information content (AvgIpc) is 3.16. The number of carbonyl (C=O) groups excluding carboxylic acids is 2. The van der Waals surface area contributed by atoms with Crippen molar-refractivity contribution in [2.24, 2.45) is 0 Å². The molecular weight excluding hydrogens is 439 g/mol. The Hall–Kier alpha value is -3.19. The Labute approximate surface area is 220 Å². The first-order valence-electron chi connectivity index (χ1n) is 10.5. The van der Waals surface area contributed by atoms with E-state index in [0.29, 0.717) is 22.7 Å². The van der Waals surface area contributed by atoms with Gasteiger partial charge in [0.25, 0.3) is 0 Å². The maximum Gasteiger partial charge on any atom is 1.00 e. The summed E-state index contributed by atoms with van der Waals surface area (Å²) in [6.07, 6.45) is 3.60. The van der Waals surface area contributed by atoms with Crippen LogP contribution >= 0.6 is 0 Å². The number of carboxylic acid groups (broad SMARTS) is 1. The van der Waals surface area contributed by atoms with Crippen molar-refractivity contribution in [3.05, 3.63) is 95.3 Å². The van der Waals surface area contributed by atoms with Gasteiger partial charge in [0.05, 0.1) is 17.0 Å². The van der Waals surface area contributed by atoms with Gasteiger partial charge in [-0.15, -0.1) is 0 Å². The van der Waals surface area contributed by atoms with Crippen molar-refractivity contribution in [1.29, 1.82) is 0 Å². The second-order valence-electron chi connectivity index (χ2n) is 8.28. The molecule has 1 heterocycles. The van der Waals surface area contributed by atoms with Crippen LogP contribution in [0.2, 0.25) is 0 Å². The van der Waals surface area contributed by atoms with E-state index in [4.69, 9.17) is 4.74 Å². The van der Waals surface area contributed by atoms with Crippen molar-refractivity contribution in [2.45, 2.75) is 26.4 Å². The van der Waals surface area contributed by atoms with E-state index in [0.717, 1.165) is 16.6 Å². The second-order valence-corrected chi connectivity index (χ2v) is 8.28. The number of hydrogen-bond acceptors (Lipinski definition) is 5. The van der Waals surface area contributed by atoms with Crippen LogP contribution in [0.4, 0.5) is 0 Å². The zero-order valence-corrected chi connectivity index (χ0v) is 21.6. The van der Waals surface area contributed by atoms with Gasteiger partial charge < -0.3 is 14.6 Å². The molecule has 0 saturated heterocycles. The molecule has 0 N–H and O–H groups in total. The smallest absolute Gasteiger partial charge is 0.546 e. The van der Waals surface area contributed by atoms with Crippen LogP contribution in [0.1, 0.15) is 41.2 Å². The van der Waals surface area contributed by atoms with E-state index in [1.165, 1.54) is 13.8 Å². The van der Waals surface area contributed by atoms with Crippen molar-refractivity contribution in [3.8, 4) is 5.75 Å². The van der Waals surface area contributed by atoms with E-state index < -0.39 is 11.6 Å². The summed E-state index contributed by atoms with van der Waals surface area (Å²) in [5, 5.41) is 11.3. The van der Waals surface area contributed by atoms with Crippen LogP contribution in [0.3, 0.4) is 0 Å². The van der Waals surface area contributed by atoms with Crippen molar-refractivity contribution in [3.63, 3.8) is 0 Å². The zero-order chi connectivity index (χ0) is 23.6. The molecule has 34 heavy (non-hydrogen) atoms. The third-order valence-corrected chi connectivity index (χ3v) is 5.25. The normalized spacial score (nSPS) is 11.4. The number of carboxylic acids is 1. The molecule has 0 fully saturated rings. The Morgan fingerprint density at radius 1 is 1.00 bits per heavy atom. The summed E-state index contributed by atoms with van der Waals surface area (Å²) in [6, 6.07) is 22.0. The molecule has 0 bridgehead atoms. The Morgan fingerprint density at radius 2 is 1.71 bits per heavy atom. The van der Waals surface area contributed by atoms with Crippen molar-refractivity contribution >= 4 is 35.1 Å². The summed E-state index contributed by atoms with van der Waals surface area (Å²) < 4.78 is 7.33. The number of benzene rings is 3. The summed E-state index contributed by atoms with van der Waals surface area (Å²) in [4.78, 5) is 29.1. The van der Waals surface area contributed by atoms with E-state index in [1.807, 2.05) is 55.5 Å². The van der Waals surface area contributed by atoms with Crippen LogP contribution in [0.15, 0.2) is 72.8 Å². The number of rotatable bonds is 7. The fraction of sp³-hybridized carbons (Fsp3) is 0.148. The Morgan fingerprint density at radius 3 is 2.41 bits per heavy atom. The number of ether oxygens (including phenoxy) is 1. The molecule has 0 unspecified atom stereocenters.